The van der Waals surface area contributed by atoms with E-state index in [0.29, 0.717) is 11.9 Å². The van der Waals surface area contributed by atoms with Crippen LogP contribution in [0.15, 0.2) is 17.5 Å². The van der Waals surface area contributed by atoms with Crippen molar-refractivity contribution in [2.45, 2.75) is 31.4 Å². The molecule has 0 aliphatic rings. The van der Waals surface area contributed by atoms with Gasteiger partial charge in [0.1, 0.15) is 0 Å². The van der Waals surface area contributed by atoms with E-state index in [1.165, 1.54) is 17.1 Å². The Morgan fingerprint density at radius 1 is 1.43 bits per heavy atom. The topological polar surface area (TPSA) is 20.2 Å². The zero-order valence-electron chi connectivity index (χ0n) is 8.61. The van der Waals surface area contributed by atoms with Gasteiger partial charge < -0.3 is 5.11 Å². The molecule has 1 N–H and O–H groups in total. The van der Waals surface area contributed by atoms with Crippen molar-refractivity contribution in [2.24, 2.45) is 0 Å². The lowest BCUT2D eigenvalue weighted by molar-refractivity contribution is 0.284. The Morgan fingerprint density at radius 2 is 2.29 bits per heavy atom. The fourth-order valence-corrected chi connectivity index (χ4v) is 3.26. The second-order valence-electron chi connectivity index (χ2n) is 3.31. The zero-order chi connectivity index (χ0) is 10.2. The molecule has 14 heavy (non-hydrogen) atoms. The molecule has 0 fully saturated rings. The maximum Gasteiger partial charge on any atom is 0.0431 e. The average molecular weight is 230 g/mol. The summed E-state index contributed by atoms with van der Waals surface area (Å²) in [6, 6.07) is 4.32. The Bertz CT molecular complexity index is 221. The molecule has 1 heterocycles. The molecular formula is C11H18OS2. The highest BCUT2D eigenvalue weighted by Crippen LogP contribution is 2.31. The van der Waals surface area contributed by atoms with Crippen molar-refractivity contribution in [3.05, 3.63) is 22.4 Å². The number of hydrogen-bond donors (Lipinski definition) is 1. The van der Waals surface area contributed by atoms with Gasteiger partial charge in [-0.15, -0.1) is 11.3 Å². The van der Waals surface area contributed by atoms with Crippen LogP contribution in [-0.4, -0.2) is 17.5 Å². The van der Waals surface area contributed by atoms with Gasteiger partial charge >= 0.3 is 0 Å². The zero-order valence-corrected chi connectivity index (χ0v) is 10.2. The van der Waals surface area contributed by atoms with Gasteiger partial charge in [-0.25, -0.2) is 0 Å². The van der Waals surface area contributed by atoms with Crippen LogP contribution in [0, 0.1) is 0 Å². The van der Waals surface area contributed by atoms with E-state index in [1.807, 2.05) is 23.1 Å². The molecule has 0 amide bonds. The molecule has 1 atom stereocenters. The first kappa shape index (κ1) is 12.1. The lowest BCUT2D eigenvalue weighted by Crippen LogP contribution is -1.89. The van der Waals surface area contributed by atoms with Crippen LogP contribution >= 0.6 is 23.1 Å². The molecular weight excluding hydrogens is 212 g/mol. The third-order valence-corrected chi connectivity index (χ3v) is 4.60. The van der Waals surface area contributed by atoms with Gasteiger partial charge in [0, 0.05) is 16.7 Å². The Kier molecular flexibility index (Phi) is 6.32. The molecule has 0 aromatic carbocycles. The Balaban J connectivity index is 2.07. The summed E-state index contributed by atoms with van der Waals surface area (Å²) in [5.74, 6) is 1.21. The normalized spacial score (nSPS) is 13.0. The van der Waals surface area contributed by atoms with Gasteiger partial charge in [-0.2, -0.15) is 11.8 Å². The number of rotatable bonds is 7. The van der Waals surface area contributed by atoms with E-state index in [2.05, 4.69) is 24.4 Å². The van der Waals surface area contributed by atoms with E-state index < -0.39 is 0 Å². The van der Waals surface area contributed by atoms with Crippen molar-refractivity contribution in [3.63, 3.8) is 0 Å². The highest BCUT2D eigenvalue weighted by atomic mass is 32.2. The monoisotopic (exact) mass is 230 g/mol. The predicted octanol–water partition coefficient (Wildman–Crippen LogP) is 3.70. The van der Waals surface area contributed by atoms with Gasteiger partial charge in [-0.1, -0.05) is 12.5 Å². The number of unbranched alkanes of at least 4 members (excludes halogenated alkanes) is 2. The molecule has 80 valence electrons. The predicted molar refractivity (Wildman–Crippen MR) is 66.1 cm³/mol. The molecule has 0 radical (unpaired) electrons. The van der Waals surface area contributed by atoms with Crippen LogP contribution in [0.5, 0.6) is 0 Å². The highest BCUT2D eigenvalue weighted by molar-refractivity contribution is 7.99. The molecule has 1 unspecified atom stereocenters. The minimum atomic E-state index is 0.338. The molecule has 1 aromatic heterocycles. The van der Waals surface area contributed by atoms with Gasteiger partial charge in [0.05, 0.1) is 0 Å². The Labute approximate surface area is 94.5 Å². The first-order valence-electron chi connectivity index (χ1n) is 5.10. The summed E-state index contributed by atoms with van der Waals surface area (Å²) in [6.07, 6.45) is 3.33. The maximum absolute atomic E-state index is 8.62. The first-order chi connectivity index (χ1) is 6.84. The van der Waals surface area contributed by atoms with Crippen molar-refractivity contribution in [3.8, 4) is 0 Å². The van der Waals surface area contributed by atoms with Gasteiger partial charge in [-0.3, -0.25) is 0 Å². The molecule has 0 aliphatic carbocycles. The lowest BCUT2D eigenvalue weighted by Gasteiger charge is -2.08. The van der Waals surface area contributed by atoms with Crippen molar-refractivity contribution >= 4 is 23.1 Å². The van der Waals surface area contributed by atoms with Crippen molar-refractivity contribution < 1.29 is 5.11 Å². The van der Waals surface area contributed by atoms with E-state index >= 15 is 0 Å². The highest BCUT2D eigenvalue weighted by Gasteiger charge is 2.05. The van der Waals surface area contributed by atoms with Crippen LogP contribution in [0.2, 0.25) is 0 Å². The number of aliphatic hydroxyl groups is 1. The summed E-state index contributed by atoms with van der Waals surface area (Å²) >= 11 is 3.85. The molecule has 0 saturated carbocycles. The van der Waals surface area contributed by atoms with Gasteiger partial charge in [0.15, 0.2) is 0 Å². The van der Waals surface area contributed by atoms with E-state index in [9.17, 15) is 0 Å². The van der Waals surface area contributed by atoms with E-state index in [1.54, 1.807) is 0 Å². The molecule has 3 heteroatoms. The van der Waals surface area contributed by atoms with Crippen molar-refractivity contribution in [1.82, 2.24) is 0 Å². The number of thiophene rings is 1. The summed E-state index contributed by atoms with van der Waals surface area (Å²) in [6.45, 7) is 2.60. The summed E-state index contributed by atoms with van der Waals surface area (Å²) in [7, 11) is 0. The summed E-state index contributed by atoms with van der Waals surface area (Å²) in [5, 5.41) is 11.4. The van der Waals surface area contributed by atoms with Crippen LogP contribution in [0.1, 0.15) is 36.3 Å². The van der Waals surface area contributed by atoms with Crippen LogP contribution in [0.4, 0.5) is 0 Å². The minimum Gasteiger partial charge on any atom is -0.396 e. The third kappa shape index (κ3) is 4.49. The van der Waals surface area contributed by atoms with E-state index in [0.717, 1.165) is 12.8 Å². The maximum atomic E-state index is 8.62. The first-order valence-corrected chi connectivity index (χ1v) is 7.03. The largest absolute Gasteiger partial charge is 0.396 e. The fourth-order valence-electron chi connectivity index (χ4n) is 1.26. The molecule has 0 bridgehead atoms. The van der Waals surface area contributed by atoms with Crippen molar-refractivity contribution in [2.75, 3.05) is 12.4 Å². The Hall–Kier alpha value is 0.01000. The molecule has 0 saturated heterocycles. The molecule has 0 aliphatic heterocycles. The molecule has 0 spiro atoms. The summed E-state index contributed by atoms with van der Waals surface area (Å²) in [5.41, 5.74) is 0. The fraction of sp³-hybridized carbons (Fsp3) is 0.636. The molecule has 1 rings (SSSR count). The standard InChI is InChI=1S/C11H18OS2/c1-10(11-6-5-9-14-11)13-8-4-2-3-7-12/h5-6,9-10,12H,2-4,7-8H2,1H3. The van der Waals surface area contributed by atoms with Crippen LogP contribution in [-0.2, 0) is 0 Å². The van der Waals surface area contributed by atoms with Crippen LogP contribution in [0.3, 0.4) is 0 Å². The summed E-state index contributed by atoms with van der Waals surface area (Å²) < 4.78 is 0. The molecule has 1 nitrogen and oxygen atoms in total. The molecule has 1 aromatic rings. The van der Waals surface area contributed by atoms with E-state index in [-0.39, 0.29) is 0 Å². The van der Waals surface area contributed by atoms with Gasteiger partial charge in [0.25, 0.3) is 0 Å². The lowest BCUT2D eigenvalue weighted by atomic mass is 10.3. The minimum absolute atomic E-state index is 0.338. The number of thioether (sulfide) groups is 1. The third-order valence-electron chi connectivity index (χ3n) is 2.11. The Morgan fingerprint density at radius 3 is 2.93 bits per heavy atom. The second-order valence-corrected chi connectivity index (χ2v) is 5.74. The van der Waals surface area contributed by atoms with Crippen LogP contribution in [0.25, 0.3) is 0 Å². The van der Waals surface area contributed by atoms with E-state index in [4.69, 9.17) is 5.11 Å². The van der Waals surface area contributed by atoms with Gasteiger partial charge in [0.2, 0.25) is 0 Å². The summed E-state index contributed by atoms with van der Waals surface area (Å²) in [4.78, 5) is 1.47. The number of aliphatic hydroxyl groups excluding tert-OH is 1. The second kappa shape index (κ2) is 7.32. The van der Waals surface area contributed by atoms with Crippen LogP contribution < -0.4 is 0 Å². The van der Waals surface area contributed by atoms with Crippen molar-refractivity contribution in [1.29, 1.82) is 0 Å². The van der Waals surface area contributed by atoms with Gasteiger partial charge in [-0.05, 0) is 37.0 Å². The smallest absolute Gasteiger partial charge is 0.0431 e. The SMILES string of the molecule is CC(SCCCCCO)c1cccs1. The quantitative estimate of drug-likeness (QED) is 0.721. The number of hydrogen-bond acceptors (Lipinski definition) is 3. The average Bonchev–Trinajstić information content (AvgIpc) is 2.70.